The van der Waals surface area contributed by atoms with Gasteiger partial charge in [0.15, 0.2) is 0 Å². The molecular weight excluding hydrogens is 286 g/mol. The van der Waals surface area contributed by atoms with Gasteiger partial charge in [-0.25, -0.2) is 8.42 Å². The van der Waals surface area contributed by atoms with Gasteiger partial charge in [0.05, 0.1) is 4.90 Å². The zero-order chi connectivity index (χ0) is 14.9. The van der Waals surface area contributed by atoms with E-state index in [0.29, 0.717) is 29.9 Å². The van der Waals surface area contributed by atoms with Crippen LogP contribution >= 0.6 is 0 Å². The SMILES string of the molecule is CCN(CC1CCC1)S(=O)(=O)c1c[nH]c(CNC2CC2)c1. The number of rotatable bonds is 8. The summed E-state index contributed by atoms with van der Waals surface area (Å²) in [5.74, 6) is 0.551. The summed E-state index contributed by atoms with van der Waals surface area (Å²) >= 11 is 0. The number of nitrogens with one attached hydrogen (secondary N) is 2. The van der Waals surface area contributed by atoms with Crippen molar-refractivity contribution in [3.8, 4) is 0 Å². The summed E-state index contributed by atoms with van der Waals surface area (Å²) in [7, 11) is -3.35. The molecule has 0 saturated heterocycles. The highest BCUT2D eigenvalue weighted by atomic mass is 32.2. The lowest BCUT2D eigenvalue weighted by Gasteiger charge is -2.30. The molecule has 118 valence electrons. The van der Waals surface area contributed by atoms with Crippen molar-refractivity contribution in [1.82, 2.24) is 14.6 Å². The molecule has 6 heteroatoms. The van der Waals surface area contributed by atoms with Gasteiger partial charge in [-0.2, -0.15) is 4.31 Å². The van der Waals surface area contributed by atoms with E-state index in [1.54, 1.807) is 16.6 Å². The van der Waals surface area contributed by atoms with Crippen molar-refractivity contribution in [2.24, 2.45) is 5.92 Å². The van der Waals surface area contributed by atoms with E-state index in [2.05, 4.69) is 10.3 Å². The molecule has 0 aromatic carbocycles. The van der Waals surface area contributed by atoms with Gasteiger partial charge >= 0.3 is 0 Å². The Morgan fingerprint density at radius 3 is 2.67 bits per heavy atom. The zero-order valence-electron chi connectivity index (χ0n) is 12.6. The van der Waals surface area contributed by atoms with Crippen LogP contribution in [0, 0.1) is 5.92 Å². The van der Waals surface area contributed by atoms with E-state index >= 15 is 0 Å². The maximum atomic E-state index is 12.7. The van der Waals surface area contributed by atoms with Gasteiger partial charge < -0.3 is 10.3 Å². The summed E-state index contributed by atoms with van der Waals surface area (Å²) in [6.45, 7) is 3.84. The average Bonchev–Trinajstić information content (AvgIpc) is 3.11. The molecular formula is C15H25N3O2S. The molecule has 0 aliphatic heterocycles. The molecule has 1 aromatic heterocycles. The Bertz CT molecular complexity index is 573. The van der Waals surface area contributed by atoms with Crippen molar-refractivity contribution in [1.29, 1.82) is 0 Å². The van der Waals surface area contributed by atoms with Crippen LogP contribution in [0.4, 0.5) is 0 Å². The molecule has 1 heterocycles. The standard InChI is InChI=1S/C15H25N3O2S/c1-2-18(11-12-4-3-5-12)21(19,20)15-8-14(17-10-15)9-16-13-6-7-13/h8,10,12-13,16-17H,2-7,9,11H2,1H3. The smallest absolute Gasteiger partial charge is 0.244 e. The first-order valence-corrected chi connectivity index (χ1v) is 9.44. The topological polar surface area (TPSA) is 65.2 Å². The molecule has 1 aromatic rings. The molecule has 0 amide bonds. The van der Waals surface area contributed by atoms with E-state index in [0.717, 1.165) is 25.1 Å². The van der Waals surface area contributed by atoms with Crippen molar-refractivity contribution in [2.45, 2.75) is 56.5 Å². The van der Waals surface area contributed by atoms with Crippen LogP contribution in [-0.2, 0) is 16.6 Å². The minimum Gasteiger partial charge on any atom is -0.363 e. The third-order valence-corrected chi connectivity index (χ3v) is 6.47. The average molecular weight is 311 g/mol. The van der Waals surface area contributed by atoms with Gasteiger partial charge in [-0.3, -0.25) is 0 Å². The van der Waals surface area contributed by atoms with Crippen LogP contribution in [0.15, 0.2) is 17.2 Å². The molecule has 2 fully saturated rings. The fraction of sp³-hybridized carbons (Fsp3) is 0.733. The minimum absolute atomic E-state index is 0.399. The molecule has 3 rings (SSSR count). The molecule has 2 aliphatic carbocycles. The van der Waals surface area contributed by atoms with Crippen molar-refractivity contribution >= 4 is 10.0 Å². The second-order valence-electron chi connectivity index (χ2n) is 6.27. The maximum absolute atomic E-state index is 12.7. The van der Waals surface area contributed by atoms with Gasteiger partial charge in [0.1, 0.15) is 0 Å². The fourth-order valence-electron chi connectivity index (χ4n) is 2.72. The number of aromatic amines is 1. The molecule has 0 radical (unpaired) electrons. The van der Waals surface area contributed by atoms with Gasteiger partial charge in [0.2, 0.25) is 10.0 Å². The molecule has 2 aliphatic rings. The summed E-state index contributed by atoms with van der Waals surface area (Å²) in [6, 6.07) is 2.40. The molecule has 0 atom stereocenters. The molecule has 2 saturated carbocycles. The zero-order valence-corrected chi connectivity index (χ0v) is 13.5. The fourth-order valence-corrected chi connectivity index (χ4v) is 4.27. The van der Waals surface area contributed by atoms with Crippen molar-refractivity contribution in [2.75, 3.05) is 13.1 Å². The highest BCUT2D eigenvalue weighted by Gasteiger charge is 2.29. The van der Waals surface area contributed by atoms with Gasteiger partial charge in [-0.15, -0.1) is 0 Å². The summed E-state index contributed by atoms with van der Waals surface area (Å²) in [5.41, 5.74) is 0.945. The first-order valence-electron chi connectivity index (χ1n) is 8.00. The number of sulfonamides is 1. The monoisotopic (exact) mass is 311 g/mol. The van der Waals surface area contributed by atoms with Crippen molar-refractivity contribution in [3.63, 3.8) is 0 Å². The Kier molecular flexibility index (Phi) is 4.38. The van der Waals surface area contributed by atoms with Gasteiger partial charge in [0, 0.05) is 37.6 Å². The van der Waals surface area contributed by atoms with Crippen LogP contribution in [0.3, 0.4) is 0 Å². The molecule has 0 unspecified atom stereocenters. The Labute approximate surface area is 127 Å². The van der Waals surface area contributed by atoms with Crippen molar-refractivity contribution < 1.29 is 8.42 Å². The predicted octanol–water partition coefficient (Wildman–Crippen LogP) is 2.08. The number of H-pyrrole nitrogens is 1. The highest BCUT2D eigenvalue weighted by molar-refractivity contribution is 7.89. The van der Waals surface area contributed by atoms with E-state index in [1.165, 1.54) is 19.3 Å². The van der Waals surface area contributed by atoms with Gasteiger partial charge in [-0.05, 0) is 37.7 Å². The van der Waals surface area contributed by atoms with Crippen LogP contribution < -0.4 is 5.32 Å². The van der Waals surface area contributed by atoms with E-state index in [4.69, 9.17) is 0 Å². The lowest BCUT2D eigenvalue weighted by Crippen LogP contribution is -2.37. The van der Waals surface area contributed by atoms with E-state index in [1.807, 2.05) is 6.92 Å². The Hall–Kier alpha value is -0.850. The van der Waals surface area contributed by atoms with Crippen LogP contribution in [0.2, 0.25) is 0 Å². The lowest BCUT2D eigenvalue weighted by atomic mass is 9.85. The first kappa shape index (κ1) is 15.1. The Morgan fingerprint density at radius 1 is 1.33 bits per heavy atom. The number of hydrogen-bond donors (Lipinski definition) is 2. The van der Waals surface area contributed by atoms with Crippen LogP contribution in [0.5, 0.6) is 0 Å². The quantitative estimate of drug-likeness (QED) is 0.772. The second-order valence-corrected chi connectivity index (χ2v) is 8.21. The minimum atomic E-state index is -3.35. The number of aromatic nitrogens is 1. The maximum Gasteiger partial charge on any atom is 0.244 e. The first-order chi connectivity index (χ1) is 10.1. The summed E-state index contributed by atoms with van der Waals surface area (Å²) in [5, 5.41) is 3.39. The summed E-state index contributed by atoms with van der Waals surface area (Å²) < 4.78 is 27.0. The van der Waals surface area contributed by atoms with E-state index in [9.17, 15) is 8.42 Å². The Balaban J connectivity index is 1.66. The molecule has 2 N–H and O–H groups in total. The predicted molar refractivity (Wildman–Crippen MR) is 82.4 cm³/mol. The van der Waals surface area contributed by atoms with Crippen LogP contribution in [0.25, 0.3) is 0 Å². The van der Waals surface area contributed by atoms with Crippen molar-refractivity contribution in [3.05, 3.63) is 18.0 Å². The summed E-state index contributed by atoms with van der Waals surface area (Å²) in [6.07, 6.45) is 7.66. The highest BCUT2D eigenvalue weighted by Crippen LogP contribution is 2.29. The second kappa shape index (κ2) is 6.10. The lowest BCUT2D eigenvalue weighted by molar-refractivity contribution is 0.250. The third kappa shape index (κ3) is 3.49. The summed E-state index contributed by atoms with van der Waals surface area (Å²) in [4.78, 5) is 3.49. The van der Waals surface area contributed by atoms with E-state index in [-0.39, 0.29) is 0 Å². The largest absolute Gasteiger partial charge is 0.363 e. The molecule has 0 bridgehead atoms. The molecule has 21 heavy (non-hydrogen) atoms. The molecule has 5 nitrogen and oxygen atoms in total. The van der Waals surface area contributed by atoms with Crippen LogP contribution in [0.1, 0.15) is 44.7 Å². The number of hydrogen-bond acceptors (Lipinski definition) is 3. The molecule has 0 spiro atoms. The van der Waals surface area contributed by atoms with E-state index < -0.39 is 10.0 Å². The Morgan fingerprint density at radius 2 is 2.10 bits per heavy atom. The normalized spacial score (nSPS) is 19.9. The third-order valence-electron chi connectivity index (χ3n) is 4.55. The van der Waals surface area contributed by atoms with Gasteiger partial charge in [0.25, 0.3) is 0 Å². The van der Waals surface area contributed by atoms with Crippen LogP contribution in [-0.4, -0.2) is 36.8 Å². The number of nitrogens with zero attached hydrogens (tertiary/aromatic N) is 1. The van der Waals surface area contributed by atoms with Gasteiger partial charge in [-0.1, -0.05) is 13.3 Å².